The van der Waals surface area contributed by atoms with Crippen LogP contribution in [0.25, 0.3) is 11.1 Å². The first-order valence-corrected chi connectivity index (χ1v) is 8.10. The zero-order valence-corrected chi connectivity index (χ0v) is 14.2. The number of benzene rings is 1. The fourth-order valence-corrected chi connectivity index (χ4v) is 3.17. The van der Waals surface area contributed by atoms with Crippen molar-refractivity contribution >= 4 is 11.9 Å². The van der Waals surface area contributed by atoms with Crippen LogP contribution in [0.1, 0.15) is 30.1 Å². The summed E-state index contributed by atoms with van der Waals surface area (Å²) >= 11 is 0. The Morgan fingerprint density at radius 2 is 1.92 bits per heavy atom. The van der Waals surface area contributed by atoms with Crippen LogP contribution in [-0.2, 0) is 4.79 Å². The number of methoxy groups -OCH3 is 1. The Hall–Kier alpha value is -2.89. The second kappa shape index (κ2) is 6.55. The number of aromatic nitrogens is 1. The lowest BCUT2D eigenvalue weighted by Gasteiger charge is -2.31. The van der Waals surface area contributed by atoms with Gasteiger partial charge in [0.25, 0.3) is 5.91 Å². The number of likely N-dealkylation sites (tertiary alicyclic amines) is 1. The zero-order valence-electron chi connectivity index (χ0n) is 14.2. The number of carboxylic acid groups (broad SMARTS) is 1. The van der Waals surface area contributed by atoms with Gasteiger partial charge in [-0.1, -0.05) is 12.1 Å². The maximum Gasteiger partial charge on any atom is 0.329 e. The second-order valence-electron chi connectivity index (χ2n) is 6.33. The zero-order chi connectivity index (χ0) is 18.0. The van der Waals surface area contributed by atoms with Crippen molar-refractivity contribution in [3.05, 3.63) is 48.3 Å². The van der Waals surface area contributed by atoms with Crippen molar-refractivity contribution in [1.29, 1.82) is 0 Å². The predicted molar refractivity (Wildman–Crippen MR) is 92.5 cm³/mol. The average molecular weight is 340 g/mol. The van der Waals surface area contributed by atoms with Gasteiger partial charge in [-0.2, -0.15) is 0 Å². The molecule has 1 atom stereocenters. The van der Waals surface area contributed by atoms with Crippen molar-refractivity contribution in [2.75, 3.05) is 13.7 Å². The van der Waals surface area contributed by atoms with Crippen LogP contribution < -0.4 is 4.74 Å². The summed E-state index contributed by atoms with van der Waals surface area (Å²) in [4.78, 5) is 30.0. The number of nitrogens with zero attached hydrogens (tertiary/aromatic N) is 2. The molecule has 1 fully saturated rings. The van der Waals surface area contributed by atoms with E-state index >= 15 is 0 Å². The standard InChI is InChI=1S/C19H20N2O4/c1-19(18(23)24)8-3-9-21(19)17(22)15-10-14(11-20-12-15)13-4-6-16(25-2)7-5-13/h4-7,10-12H,3,8-9H2,1-2H3,(H,23,24). The summed E-state index contributed by atoms with van der Waals surface area (Å²) in [6.07, 6.45) is 4.30. The molecule has 1 aliphatic rings. The monoisotopic (exact) mass is 340 g/mol. The lowest BCUT2D eigenvalue weighted by atomic mass is 9.98. The SMILES string of the molecule is COc1ccc(-c2cncc(C(=O)N3CCCC3(C)C(=O)O)c2)cc1. The van der Waals surface area contributed by atoms with Crippen molar-refractivity contribution in [3.63, 3.8) is 0 Å². The van der Waals surface area contributed by atoms with Crippen LogP contribution in [-0.4, -0.2) is 46.1 Å². The summed E-state index contributed by atoms with van der Waals surface area (Å²) in [5.41, 5.74) is 0.936. The molecule has 0 radical (unpaired) electrons. The van der Waals surface area contributed by atoms with E-state index in [1.165, 1.54) is 11.1 Å². The Morgan fingerprint density at radius 1 is 1.20 bits per heavy atom. The van der Waals surface area contributed by atoms with Crippen LogP contribution in [0.3, 0.4) is 0 Å². The minimum Gasteiger partial charge on any atom is -0.497 e. The number of carbonyl (C=O) groups is 2. The van der Waals surface area contributed by atoms with Crippen LogP contribution in [0.2, 0.25) is 0 Å². The van der Waals surface area contributed by atoms with Crippen LogP contribution in [0.5, 0.6) is 5.75 Å². The summed E-state index contributed by atoms with van der Waals surface area (Å²) < 4.78 is 5.15. The Bertz CT molecular complexity index is 803. The van der Waals surface area contributed by atoms with E-state index in [-0.39, 0.29) is 5.91 Å². The topological polar surface area (TPSA) is 79.7 Å². The second-order valence-corrected chi connectivity index (χ2v) is 6.33. The molecule has 0 saturated carbocycles. The maximum absolute atomic E-state index is 12.9. The fourth-order valence-electron chi connectivity index (χ4n) is 3.17. The van der Waals surface area contributed by atoms with Gasteiger partial charge in [0.05, 0.1) is 12.7 Å². The van der Waals surface area contributed by atoms with Gasteiger partial charge >= 0.3 is 5.97 Å². The van der Waals surface area contributed by atoms with E-state index in [0.717, 1.165) is 16.9 Å². The highest BCUT2D eigenvalue weighted by atomic mass is 16.5. The van der Waals surface area contributed by atoms with Gasteiger partial charge in [-0.15, -0.1) is 0 Å². The highest BCUT2D eigenvalue weighted by molar-refractivity contribution is 5.98. The largest absolute Gasteiger partial charge is 0.497 e. The highest BCUT2D eigenvalue weighted by Gasteiger charge is 2.46. The third kappa shape index (κ3) is 3.07. The van der Waals surface area contributed by atoms with Gasteiger partial charge < -0.3 is 14.7 Å². The molecule has 130 valence electrons. The molecule has 2 aromatic rings. The van der Waals surface area contributed by atoms with Crippen LogP contribution >= 0.6 is 0 Å². The first kappa shape index (κ1) is 17.0. The van der Waals surface area contributed by atoms with Crippen molar-refractivity contribution in [1.82, 2.24) is 9.88 Å². The first-order valence-electron chi connectivity index (χ1n) is 8.10. The molecule has 0 spiro atoms. The average Bonchev–Trinajstić information content (AvgIpc) is 3.04. The summed E-state index contributed by atoms with van der Waals surface area (Å²) in [6.45, 7) is 2.04. The molecule has 0 bridgehead atoms. The lowest BCUT2D eigenvalue weighted by molar-refractivity contribution is -0.147. The van der Waals surface area contributed by atoms with Crippen LogP contribution in [0.4, 0.5) is 0 Å². The summed E-state index contributed by atoms with van der Waals surface area (Å²) in [6, 6.07) is 9.21. The number of ether oxygens (including phenoxy) is 1. The van der Waals surface area contributed by atoms with Gasteiger partial charge in [0.15, 0.2) is 0 Å². The van der Waals surface area contributed by atoms with Gasteiger partial charge in [0, 0.05) is 24.5 Å². The van der Waals surface area contributed by atoms with Gasteiger partial charge in [-0.3, -0.25) is 9.78 Å². The normalized spacial score (nSPS) is 19.7. The molecule has 1 N–H and O–H groups in total. The van der Waals surface area contributed by atoms with E-state index in [1.807, 2.05) is 24.3 Å². The molecule has 25 heavy (non-hydrogen) atoms. The Balaban J connectivity index is 1.90. The minimum atomic E-state index is -1.16. The van der Waals surface area contributed by atoms with Crippen molar-refractivity contribution in [2.45, 2.75) is 25.3 Å². The molecule has 6 nitrogen and oxygen atoms in total. The fraction of sp³-hybridized carbons (Fsp3) is 0.316. The molecule has 6 heteroatoms. The third-order valence-corrected chi connectivity index (χ3v) is 4.76. The Labute approximate surface area is 146 Å². The van der Waals surface area contributed by atoms with Crippen molar-refractivity contribution in [2.24, 2.45) is 0 Å². The molecule has 1 amide bonds. The van der Waals surface area contributed by atoms with Gasteiger partial charge in [0.2, 0.25) is 0 Å². The molecule has 1 saturated heterocycles. The summed E-state index contributed by atoms with van der Waals surface area (Å²) in [7, 11) is 1.60. The summed E-state index contributed by atoms with van der Waals surface area (Å²) in [5, 5.41) is 9.50. The Morgan fingerprint density at radius 3 is 2.56 bits per heavy atom. The maximum atomic E-state index is 12.9. The molecule has 1 unspecified atom stereocenters. The molecular weight excluding hydrogens is 320 g/mol. The minimum absolute atomic E-state index is 0.301. The molecule has 2 heterocycles. The number of carboxylic acids is 1. The van der Waals surface area contributed by atoms with E-state index in [4.69, 9.17) is 4.74 Å². The summed E-state index contributed by atoms with van der Waals surface area (Å²) in [5.74, 6) is -0.527. The molecule has 1 aromatic heterocycles. The van der Waals surface area contributed by atoms with E-state index in [2.05, 4.69) is 4.98 Å². The smallest absolute Gasteiger partial charge is 0.329 e. The Kier molecular flexibility index (Phi) is 4.44. The number of pyridine rings is 1. The van der Waals surface area contributed by atoms with E-state index in [9.17, 15) is 14.7 Å². The van der Waals surface area contributed by atoms with Gasteiger partial charge in [-0.25, -0.2) is 4.79 Å². The highest BCUT2D eigenvalue weighted by Crippen LogP contribution is 2.31. The van der Waals surface area contributed by atoms with Crippen LogP contribution in [0.15, 0.2) is 42.7 Å². The molecule has 1 aromatic carbocycles. The quantitative estimate of drug-likeness (QED) is 0.926. The molecular formula is C19H20N2O4. The molecule has 1 aliphatic heterocycles. The van der Waals surface area contributed by atoms with E-state index < -0.39 is 11.5 Å². The van der Waals surface area contributed by atoms with E-state index in [0.29, 0.717) is 24.9 Å². The number of hydrogen-bond acceptors (Lipinski definition) is 4. The number of aliphatic carboxylic acids is 1. The molecule has 0 aliphatic carbocycles. The number of hydrogen-bond donors (Lipinski definition) is 1. The number of rotatable bonds is 4. The third-order valence-electron chi connectivity index (χ3n) is 4.76. The van der Waals surface area contributed by atoms with Crippen LogP contribution in [0, 0.1) is 0 Å². The van der Waals surface area contributed by atoms with Gasteiger partial charge in [0.1, 0.15) is 11.3 Å². The predicted octanol–water partition coefficient (Wildman–Crippen LogP) is 2.84. The van der Waals surface area contributed by atoms with Crippen molar-refractivity contribution in [3.8, 4) is 16.9 Å². The van der Waals surface area contributed by atoms with E-state index in [1.54, 1.807) is 26.3 Å². The van der Waals surface area contributed by atoms with Crippen molar-refractivity contribution < 1.29 is 19.4 Å². The number of carbonyl (C=O) groups excluding carboxylic acids is 1. The first-order chi connectivity index (χ1) is 12.0. The molecule has 3 rings (SSSR count). The lowest BCUT2D eigenvalue weighted by Crippen LogP contribution is -2.50. The van der Waals surface area contributed by atoms with Gasteiger partial charge in [-0.05, 0) is 43.5 Å². The number of amides is 1.